The Morgan fingerprint density at radius 2 is 1.64 bits per heavy atom. The van der Waals surface area contributed by atoms with Crippen molar-refractivity contribution in [3.8, 4) is 11.1 Å². The summed E-state index contributed by atoms with van der Waals surface area (Å²) < 4.78 is 1.69. The van der Waals surface area contributed by atoms with Crippen LogP contribution in [-0.2, 0) is 6.54 Å². The van der Waals surface area contributed by atoms with E-state index < -0.39 is 0 Å². The van der Waals surface area contributed by atoms with Crippen molar-refractivity contribution >= 4 is 21.6 Å². The first-order chi connectivity index (χ1) is 12.1. The third-order valence-electron chi connectivity index (χ3n) is 4.57. The number of hydrogen-bond donors (Lipinski definition) is 0. The summed E-state index contributed by atoms with van der Waals surface area (Å²) in [6.07, 6.45) is 1.66. The highest BCUT2D eigenvalue weighted by Gasteiger charge is 2.12. The van der Waals surface area contributed by atoms with Crippen molar-refractivity contribution in [2.24, 2.45) is 0 Å². The van der Waals surface area contributed by atoms with Gasteiger partial charge >= 0.3 is 0 Å². The summed E-state index contributed by atoms with van der Waals surface area (Å²) in [4.78, 5) is 19.2. The lowest BCUT2D eigenvalue weighted by molar-refractivity contribution is 0.749. The predicted octanol–water partition coefficient (Wildman–Crippen LogP) is 4.79. The van der Waals surface area contributed by atoms with Gasteiger partial charge in [-0.25, -0.2) is 4.98 Å². The second kappa shape index (κ2) is 6.30. The van der Waals surface area contributed by atoms with E-state index in [0.29, 0.717) is 6.54 Å². The van der Waals surface area contributed by atoms with Gasteiger partial charge in [0.05, 0.1) is 18.3 Å². The number of hydrogen-bond acceptors (Lipinski definition) is 3. The largest absolute Gasteiger partial charge is 0.294 e. The molecule has 0 aliphatic rings. The van der Waals surface area contributed by atoms with Gasteiger partial charge in [0.1, 0.15) is 4.83 Å². The molecule has 0 radical (unpaired) electrons. The summed E-state index contributed by atoms with van der Waals surface area (Å²) >= 11 is 1.58. The summed E-state index contributed by atoms with van der Waals surface area (Å²) in [5.41, 5.74) is 4.55. The van der Waals surface area contributed by atoms with Crippen LogP contribution in [0.1, 0.15) is 16.0 Å². The number of thiophene rings is 1. The molecule has 25 heavy (non-hydrogen) atoms. The monoisotopic (exact) mass is 346 g/mol. The fourth-order valence-corrected chi connectivity index (χ4v) is 4.00. The Hall–Kier alpha value is -2.72. The lowest BCUT2D eigenvalue weighted by atomic mass is 10.0. The Kier molecular flexibility index (Phi) is 3.98. The van der Waals surface area contributed by atoms with Crippen LogP contribution in [0.3, 0.4) is 0 Å². The van der Waals surface area contributed by atoms with Crippen molar-refractivity contribution in [2.75, 3.05) is 0 Å². The Balaban J connectivity index is 1.66. The first-order valence-electron chi connectivity index (χ1n) is 8.23. The van der Waals surface area contributed by atoms with Crippen LogP contribution in [0.5, 0.6) is 0 Å². The van der Waals surface area contributed by atoms with Crippen LogP contribution in [0.4, 0.5) is 0 Å². The summed E-state index contributed by atoms with van der Waals surface area (Å²) in [6.45, 7) is 4.56. The van der Waals surface area contributed by atoms with Gasteiger partial charge in [0.2, 0.25) is 0 Å². The van der Waals surface area contributed by atoms with Crippen LogP contribution in [0.25, 0.3) is 21.3 Å². The molecule has 0 aliphatic heterocycles. The third kappa shape index (κ3) is 2.89. The van der Waals surface area contributed by atoms with Gasteiger partial charge in [0.15, 0.2) is 0 Å². The van der Waals surface area contributed by atoms with E-state index in [1.807, 2.05) is 32.0 Å². The van der Waals surface area contributed by atoms with Gasteiger partial charge in [-0.05, 0) is 36.1 Å². The summed E-state index contributed by atoms with van der Waals surface area (Å²) in [5, 5.41) is 0.755. The van der Waals surface area contributed by atoms with Crippen LogP contribution in [0.15, 0.2) is 65.7 Å². The third-order valence-corrected chi connectivity index (χ3v) is 5.69. The Labute approximate surface area is 150 Å². The zero-order chi connectivity index (χ0) is 17.4. The minimum atomic E-state index is 0.0407. The lowest BCUT2D eigenvalue weighted by Gasteiger charge is -2.07. The van der Waals surface area contributed by atoms with Crippen molar-refractivity contribution in [3.05, 3.63) is 87.3 Å². The Morgan fingerprint density at radius 3 is 2.36 bits per heavy atom. The number of benzene rings is 2. The number of fused-ring (bicyclic) bond motifs is 1. The van der Waals surface area contributed by atoms with E-state index in [0.717, 1.165) is 26.2 Å². The molecule has 124 valence electrons. The van der Waals surface area contributed by atoms with Crippen molar-refractivity contribution in [1.82, 2.24) is 9.55 Å². The summed E-state index contributed by atoms with van der Waals surface area (Å²) in [7, 11) is 0. The first-order valence-corrected chi connectivity index (χ1v) is 9.04. The second-order valence-corrected chi connectivity index (χ2v) is 7.41. The topological polar surface area (TPSA) is 34.9 Å². The molecule has 4 heteroatoms. The van der Waals surface area contributed by atoms with Crippen molar-refractivity contribution in [1.29, 1.82) is 0 Å². The molecule has 0 fully saturated rings. The molecule has 2 aromatic carbocycles. The van der Waals surface area contributed by atoms with Crippen molar-refractivity contribution in [2.45, 2.75) is 20.4 Å². The highest BCUT2D eigenvalue weighted by molar-refractivity contribution is 7.18. The van der Waals surface area contributed by atoms with E-state index >= 15 is 0 Å². The number of rotatable bonds is 3. The van der Waals surface area contributed by atoms with Gasteiger partial charge in [0.25, 0.3) is 5.56 Å². The molecule has 0 unspecified atom stereocenters. The Morgan fingerprint density at radius 1 is 0.960 bits per heavy atom. The molecule has 0 N–H and O–H groups in total. The fraction of sp³-hybridized carbons (Fsp3) is 0.143. The van der Waals surface area contributed by atoms with Crippen molar-refractivity contribution < 1.29 is 0 Å². The standard InChI is InChI=1S/C21H18N2OS/c1-14-15(2)25-20-19(14)21(24)23(13-22-20)12-16-8-10-18(11-9-16)17-6-4-3-5-7-17/h3-11,13H,12H2,1-2H3. The molecule has 0 saturated heterocycles. The van der Waals surface area contributed by atoms with E-state index in [-0.39, 0.29) is 5.56 Å². The second-order valence-electron chi connectivity index (χ2n) is 6.20. The van der Waals surface area contributed by atoms with Crippen LogP contribution < -0.4 is 5.56 Å². The number of aryl methyl sites for hydroxylation is 2. The predicted molar refractivity (Wildman–Crippen MR) is 104 cm³/mol. The molecule has 3 nitrogen and oxygen atoms in total. The molecule has 0 aliphatic carbocycles. The lowest BCUT2D eigenvalue weighted by Crippen LogP contribution is -2.21. The fourth-order valence-electron chi connectivity index (χ4n) is 3.01. The molecule has 0 spiro atoms. The molecule has 4 aromatic rings. The summed E-state index contributed by atoms with van der Waals surface area (Å²) in [6, 6.07) is 18.6. The minimum absolute atomic E-state index is 0.0407. The zero-order valence-corrected chi connectivity index (χ0v) is 15.0. The molecule has 2 heterocycles. The van der Waals surface area contributed by atoms with Crippen molar-refractivity contribution in [3.63, 3.8) is 0 Å². The molecular formula is C21H18N2OS. The van der Waals surface area contributed by atoms with Gasteiger partial charge in [0, 0.05) is 4.88 Å². The normalized spacial score (nSPS) is 11.1. The van der Waals surface area contributed by atoms with Gasteiger partial charge < -0.3 is 0 Å². The highest BCUT2D eigenvalue weighted by Crippen LogP contribution is 2.25. The quantitative estimate of drug-likeness (QED) is 0.534. The molecule has 4 rings (SSSR count). The Bertz CT molecular complexity index is 1090. The first kappa shape index (κ1) is 15.8. The van der Waals surface area contributed by atoms with E-state index in [9.17, 15) is 4.79 Å². The summed E-state index contributed by atoms with van der Waals surface area (Å²) in [5.74, 6) is 0. The van der Waals surface area contributed by atoms with Gasteiger partial charge in [-0.1, -0.05) is 54.6 Å². The van der Waals surface area contributed by atoms with E-state index in [1.165, 1.54) is 11.1 Å². The molecule has 0 atom stereocenters. The highest BCUT2D eigenvalue weighted by atomic mass is 32.1. The molecule has 2 aromatic heterocycles. The molecule has 0 saturated carbocycles. The smallest absolute Gasteiger partial charge is 0.262 e. The molecule has 0 bridgehead atoms. The van der Waals surface area contributed by atoms with Crippen LogP contribution in [0, 0.1) is 13.8 Å². The van der Waals surface area contributed by atoms with Crippen LogP contribution in [0.2, 0.25) is 0 Å². The SMILES string of the molecule is Cc1sc2ncn(Cc3ccc(-c4ccccc4)cc3)c(=O)c2c1C. The number of aromatic nitrogens is 2. The number of nitrogens with zero attached hydrogens (tertiary/aromatic N) is 2. The van der Waals surface area contributed by atoms with Crippen LogP contribution in [-0.4, -0.2) is 9.55 Å². The van der Waals surface area contributed by atoms with E-state index in [4.69, 9.17) is 0 Å². The molecular weight excluding hydrogens is 328 g/mol. The maximum atomic E-state index is 12.8. The van der Waals surface area contributed by atoms with Gasteiger partial charge in [-0.3, -0.25) is 9.36 Å². The average molecular weight is 346 g/mol. The van der Waals surface area contributed by atoms with E-state index in [2.05, 4.69) is 41.4 Å². The zero-order valence-electron chi connectivity index (χ0n) is 14.2. The maximum absolute atomic E-state index is 12.8. The van der Waals surface area contributed by atoms with Crippen LogP contribution >= 0.6 is 11.3 Å². The van der Waals surface area contributed by atoms with E-state index in [1.54, 1.807) is 22.2 Å². The van der Waals surface area contributed by atoms with Gasteiger partial charge in [-0.2, -0.15) is 0 Å². The van der Waals surface area contributed by atoms with Gasteiger partial charge in [-0.15, -0.1) is 11.3 Å². The minimum Gasteiger partial charge on any atom is -0.294 e. The molecule has 0 amide bonds. The maximum Gasteiger partial charge on any atom is 0.262 e. The average Bonchev–Trinajstić information content (AvgIpc) is 2.94.